The van der Waals surface area contributed by atoms with Crippen LogP contribution in [0.4, 0.5) is 9.59 Å². The van der Waals surface area contributed by atoms with Crippen LogP contribution in [-0.2, 0) is 16.1 Å². The molecule has 7 heteroatoms. The van der Waals surface area contributed by atoms with Crippen LogP contribution in [0.2, 0.25) is 0 Å². The van der Waals surface area contributed by atoms with Crippen molar-refractivity contribution >= 4 is 12.2 Å². The molecule has 7 nitrogen and oxygen atoms in total. The Hall–Kier alpha value is -2.28. The number of likely N-dealkylation sites (tertiary alicyclic amines) is 2. The van der Waals surface area contributed by atoms with E-state index in [2.05, 4.69) is 11.9 Å². The first kappa shape index (κ1) is 26.3. The standard InChI is InChI=1S/C27H43N3O4/c1-27(2,3)34-26(32)30-17-12-22(13-18-30)11-8-16-28(4)24-14-19-29(20-15-24)25(31)33-21-23-9-6-5-7-10-23/h5-7,9-10,22,24H,8,11-21H2,1-4H3. The van der Waals surface area contributed by atoms with Gasteiger partial charge in [0.15, 0.2) is 0 Å². The molecule has 2 aliphatic heterocycles. The molecule has 0 bridgehead atoms. The number of carbonyl (C=O) groups excluding carboxylic acids is 2. The number of rotatable bonds is 7. The number of nitrogens with zero attached hydrogens (tertiary/aromatic N) is 3. The third-order valence-electron chi connectivity index (χ3n) is 6.94. The van der Waals surface area contributed by atoms with Gasteiger partial charge in [0.05, 0.1) is 0 Å². The normalized spacial score (nSPS) is 18.3. The van der Waals surface area contributed by atoms with Gasteiger partial charge >= 0.3 is 12.2 Å². The van der Waals surface area contributed by atoms with Crippen molar-refractivity contribution in [2.45, 2.75) is 77.5 Å². The zero-order valence-corrected chi connectivity index (χ0v) is 21.5. The summed E-state index contributed by atoms with van der Waals surface area (Å²) in [7, 11) is 2.21. The highest BCUT2D eigenvalue weighted by Gasteiger charge is 2.28. The smallest absolute Gasteiger partial charge is 0.410 e. The molecule has 0 N–H and O–H groups in total. The highest BCUT2D eigenvalue weighted by atomic mass is 16.6. The van der Waals surface area contributed by atoms with Gasteiger partial charge in [0.1, 0.15) is 12.2 Å². The molecule has 0 saturated carbocycles. The average molecular weight is 474 g/mol. The van der Waals surface area contributed by atoms with E-state index >= 15 is 0 Å². The van der Waals surface area contributed by atoms with Crippen LogP contribution in [0.5, 0.6) is 0 Å². The maximum Gasteiger partial charge on any atom is 0.410 e. The van der Waals surface area contributed by atoms with E-state index in [9.17, 15) is 9.59 Å². The third-order valence-corrected chi connectivity index (χ3v) is 6.94. The maximum atomic E-state index is 12.4. The van der Waals surface area contributed by atoms with Crippen molar-refractivity contribution in [3.05, 3.63) is 35.9 Å². The second-order valence-corrected chi connectivity index (χ2v) is 10.8. The van der Waals surface area contributed by atoms with Gasteiger partial charge in [-0.2, -0.15) is 0 Å². The Morgan fingerprint density at radius 2 is 1.53 bits per heavy atom. The van der Waals surface area contributed by atoms with E-state index in [1.165, 1.54) is 12.8 Å². The second-order valence-electron chi connectivity index (χ2n) is 10.8. The van der Waals surface area contributed by atoms with Crippen LogP contribution in [0.15, 0.2) is 30.3 Å². The summed E-state index contributed by atoms with van der Waals surface area (Å²) >= 11 is 0. The molecule has 0 spiro atoms. The lowest BCUT2D eigenvalue weighted by Gasteiger charge is -2.37. The van der Waals surface area contributed by atoms with Gasteiger partial charge in [-0.25, -0.2) is 9.59 Å². The van der Waals surface area contributed by atoms with Gasteiger partial charge < -0.3 is 24.2 Å². The van der Waals surface area contributed by atoms with Gasteiger partial charge in [0.25, 0.3) is 0 Å². The maximum absolute atomic E-state index is 12.4. The fourth-order valence-corrected chi connectivity index (χ4v) is 4.84. The first-order chi connectivity index (χ1) is 16.2. The monoisotopic (exact) mass is 473 g/mol. The van der Waals surface area contributed by atoms with E-state index in [1.54, 1.807) is 0 Å². The SMILES string of the molecule is CN(CCCC1CCN(C(=O)OC(C)(C)C)CC1)C1CCN(C(=O)OCc2ccccc2)CC1. The molecule has 2 heterocycles. The molecule has 2 fully saturated rings. The van der Waals surface area contributed by atoms with Crippen LogP contribution < -0.4 is 0 Å². The van der Waals surface area contributed by atoms with Crippen molar-refractivity contribution in [1.29, 1.82) is 0 Å². The molecule has 190 valence electrons. The first-order valence-corrected chi connectivity index (χ1v) is 12.8. The molecule has 1 aromatic rings. The van der Waals surface area contributed by atoms with Gasteiger partial charge in [-0.3, -0.25) is 0 Å². The van der Waals surface area contributed by atoms with Crippen LogP contribution in [0.1, 0.15) is 64.9 Å². The molecule has 2 saturated heterocycles. The number of ether oxygens (including phenoxy) is 2. The van der Waals surface area contributed by atoms with Gasteiger partial charge in [-0.05, 0) is 84.4 Å². The minimum Gasteiger partial charge on any atom is -0.445 e. The number of piperidine rings is 2. The molecule has 0 radical (unpaired) electrons. The quantitative estimate of drug-likeness (QED) is 0.548. The molecular weight excluding hydrogens is 430 g/mol. The van der Waals surface area contributed by atoms with E-state index in [-0.39, 0.29) is 12.2 Å². The van der Waals surface area contributed by atoms with Crippen LogP contribution in [-0.4, -0.2) is 78.3 Å². The fourth-order valence-electron chi connectivity index (χ4n) is 4.84. The number of hydrogen-bond acceptors (Lipinski definition) is 5. The van der Waals surface area contributed by atoms with Crippen molar-refractivity contribution in [2.75, 3.05) is 39.8 Å². The molecule has 2 amide bonds. The Morgan fingerprint density at radius 1 is 0.941 bits per heavy atom. The summed E-state index contributed by atoms with van der Waals surface area (Å²) < 4.78 is 11.0. The Balaban J connectivity index is 1.27. The van der Waals surface area contributed by atoms with Gasteiger partial charge in [0.2, 0.25) is 0 Å². The number of carbonyl (C=O) groups is 2. The fraction of sp³-hybridized carbons (Fsp3) is 0.704. The Morgan fingerprint density at radius 3 is 2.15 bits per heavy atom. The van der Waals surface area contributed by atoms with E-state index in [1.807, 2.05) is 60.9 Å². The summed E-state index contributed by atoms with van der Waals surface area (Å²) in [5.41, 5.74) is 0.581. The van der Waals surface area contributed by atoms with Crippen LogP contribution >= 0.6 is 0 Å². The van der Waals surface area contributed by atoms with E-state index in [0.717, 1.165) is 64.0 Å². The summed E-state index contributed by atoms with van der Waals surface area (Å²) in [6, 6.07) is 10.3. The Bertz CT molecular complexity index is 764. The van der Waals surface area contributed by atoms with Crippen molar-refractivity contribution in [1.82, 2.24) is 14.7 Å². The predicted octanol–water partition coefficient (Wildman–Crippen LogP) is 5.15. The molecule has 1 aromatic carbocycles. The van der Waals surface area contributed by atoms with Gasteiger partial charge in [-0.1, -0.05) is 30.3 Å². The third kappa shape index (κ3) is 8.49. The highest BCUT2D eigenvalue weighted by molar-refractivity contribution is 5.68. The van der Waals surface area contributed by atoms with Crippen LogP contribution in [0.3, 0.4) is 0 Å². The molecule has 0 unspecified atom stereocenters. The van der Waals surface area contributed by atoms with Crippen LogP contribution in [0, 0.1) is 5.92 Å². The summed E-state index contributed by atoms with van der Waals surface area (Å²) in [5, 5.41) is 0. The van der Waals surface area contributed by atoms with Crippen LogP contribution in [0.25, 0.3) is 0 Å². The first-order valence-electron chi connectivity index (χ1n) is 12.8. The lowest BCUT2D eigenvalue weighted by molar-refractivity contribution is 0.0178. The van der Waals surface area contributed by atoms with E-state index < -0.39 is 5.60 Å². The van der Waals surface area contributed by atoms with E-state index in [4.69, 9.17) is 9.47 Å². The average Bonchev–Trinajstić information content (AvgIpc) is 2.82. The number of benzene rings is 1. The summed E-state index contributed by atoms with van der Waals surface area (Å²) in [4.78, 5) is 30.8. The lowest BCUT2D eigenvalue weighted by Crippen LogP contribution is -2.46. The summed E-state index contributed by atoms with van der Waals surface area (Å²) in [6.45, 7) is 10.3. The van der Waals surface area contributed by atoms with E-state index in [0.29, 0.717) is 18.6 Å². The number of hydrogen-bond donors (Lipinski definition) is 0. The number of amides is 2. The Labute approximate surface area is 205 Å². The molecule has 0 aliphatic carbocycles. The zero-order chi connectivity index (χ0) is 24.6. The zero-order valence-electron chi connectivity index (χ0n) is 21.5. The minimum atomic E-state index is -0.433. The van der Waals surface area contributed by atoms with Crippen molar-refractivity contribution < 1.29 is 19.1 Å². The minimum absolute atomic E-state index is 0.180. The molecule has 2 aliphatic rings. The Kier molecular flexibility index (Phi) is 9.63. The lowest BCUT2D eigenvalue weighted by atomic mass is 9.92. The molecule has 3 rings (SSSR count). The summed E-state index contributed by atoms with van der Waals surface area (Å²) in [6.07, 6.45) is 6.10. The van der Waals surface area contributed by atoms with Crippen molar-refractivity contribution in [3.63, 3.8) is 0 Å². The molecular formula is C27H43N3O4. The highest BCUT2D eigenvalue weighted by Crippen LogP contribution is 2.24. The second kappa shape index (κ2) is 12.4. The van der Waals surface area contributed by atoms with Gasteiger partial charge in [-0.15, -0.1) is 0 Å². The summed E-state index contributed by atoms with van der Waals surface area (Å²) in [5.74, 6) is 0.688. The van der Waals surface area contributed by atoms with Crippen molar-refractivity contribution in [2.24, 2.45) is 5.92 Å². The van der Waals surface area contributed by atoms with Gasteiger partial charge in [0, 0.05) is 32.2 Å². The topological polar surface area (TPSA) is 62.3 Å². The molecule has 0 aromatic heterocycles. The molecule has 34 heavy (non-hydrogen) atoms. The predicted molar refractivity (Wildman–Crippen MR) is 134 cm³/mol. The molecule has 0 atom stereocenters. The largest absolute Gasteiger partial charge is 0.445 e. The van der Waals surface area contributed by atoms with Crippen molar-refractivity contribution in [3.8, 4) is 0 Å².